The van der Waals surface area contributed by atoms with Gasteiger partial charge in [-0.2, -0.15) is 5.10 Å². The molecule has 0 atom stereocenters. The van der Waals surface area contributed by atoms with Gasteiger partial charge in [0, 0.05) is 17.7 Å². The van der Waals surface area contributed by atoms with Crippen molar-refractivity contribution < 1.29 is 23.6 Å². The summed E-state index contributed by atoms with van der Waals surface area (Å²) in [5.74, 6) is 0.807. The first-order valence-corrected chi connectivity index (χ1v) is 8.48. The second kappa shape index (κ2) is 9.18. The van der Waals surface area contributed by atoms with Crippen LogP contribution in [0.4, 0.5) is 5.69 Å². The van der Waals surface area contributed by atoms with Gasteiger partial charge in [0.2, 0.25) is 0 Å². The van der Waals surface area contributed by atoms with Crippen molar-refractivity contribution in [1.29, 1.82) is 0 Å². The van der Waals surface area contributed by atoms with Crippen molar-refractivity contribution in [3.8, 4) is 11.5 Å². The molecular weight excluding hydrogens is 378 g/mol. The third-order valence-corrected chi connectivity index (χ3v) is 3.87. The highest BCUT2D eigenvalue weighted by Gasteiger charge is 2.09. The monoisotopic (exact) mass is 395 g/mol. The Hall–Kier alpha value is -4.14. The van der Waals surface area contributed by atoms with Crippen LogP contribution in [0.3, 0.4) is 0 Å². The summed E-state index contributed by atoms with van der Waals surface area (Å²) in [4.78, 5) is 22.0. The minimum absolute atomic E-state index is 0.00950. The Bertz CT molecular complexity index is 1010. The van der Waals surface area contributed by atoms with Crippen molar-refractivity contribution in [2.45, 2.75) is 6.61 Å². The lowest BCUT2D eigenvalue weighted by Gasteiger charge is -2.11. The highest BCUT2D eigenvalue weighted by molar-refractivity contribution is 5.92. The van der Waals surface area contributed by atoms with Crippen LogP contribution in [0.2, 0.25) is 0 Å². The number of rotatable bonds is 8. The first kappa shape index (κ1) is 19.6. The molecule has 0 saturated carbocycles. The lowest BCUT2D eigenvalue weighted by Crippen LogP contribution is -2.16. The number of hydrogen-bond acceptors (Lipinski definition) is 7. The summed E-state index contributed by atoms with van der Waals surface area (Å²) in [5, 5.41) is 14.6. The lowest BCUT2D eigenvalue weighted by molar-refractivity contribution is -0.384. The van der Waals surface area contributed by atoms with Crippen LogP contribution in [0.15, 0.2) is 70.4 Å². The number of hydrazone groups is 1. The Morgan fingerprint density at radius 2 is 2.03 bits per heavy atom. The topological polar surface area (TPSA) is 116 Å². The standard InChI is InChI=1S/C20H17N3O6/c1-27-18-9-4-14(12-21-22-20(24)19-3-2-10-28-19)11-15(18)13-29-17-7-5-16(6-8-17)23(25)26/h2-12H,13H2,1H3,(H,22,24)/b21-12+. The van der Waals surface area contributed by atoms with Crippen LogP contribution >= 0.6 is 0 Å². The number of ether oxygens (including phenoxy) is 2. The van der Waals surface area contributed by atoms with Crippen LogP contribution in [0.5, 0.6) is 11.5 Å². The van der Waals surface area contributed by atoms with Gasteiger partial charge in [-0.1, -0.05) is 0 Å². The van der Waals surface area contributed by atoms with Gasteiger partial charge in [0.05, 0.1) is 24.5 Å². The van der Waals surface area contributed by atoms with Gasteiger partial charge < -0.3 is 13.9 Å². The number of amides is 1. The molecule has 0 bridgehead atoms. The lowest BCUT2D eigenvalue weighted by atomic mass is 10.1. The molecule has 0 fully saturated rings. The third-order valence-electron chi connectivity index (χ3n) is 3.87. The molecule has 1 heterocycles. The maximum Gasteiger partial charge on any atom is 0.307 e. The van der Waals surface area contributed by atoms with E-state index in [9.17, 15) is 14.9 Å². The Kier molecular flexibility index (Phi) is 6.21. The van der Waals surface area contributed by atoms with Gasteiger partial charge in [-0.25, -0.2) is 5.43 Å². The molecule has 0 aliphatic heterocycles. The normalized spacial score (nSPS) is 10.7. The van der Waals surface area contributed by atoms with Crippen molar-refractivity contribution in [3.63, 3.8) is 0 Å². The SMILES string of the molecule is COc1ccc(/C=N/NC(=O)c2ccco2)cc1COc1ccc([N+](=O)[O-])cc1. The molecule has 0 radical (unpaired) electrons. The molecule has 1 aromatic heterocycles. The zero-order valence-electron chi connectivity index (χ0n) is 15.4. The van der Waals surface area contributed by atoms with Gasteiger partial charge in [-0.3, -0.25) is 14.9 Å². The van der Waals surface area contributed by atoms with Gasteiger partial charge in [-0.05, 0) is 48.0 Å². The molecule has 0 aliphatic carbocycles. The predicted octanol–water partition coefficient (Wildman–Crippen LogP) is 3.54. The first-order chi connectivity index (χ1) is 14.1. The number of non-ortho nitro benzene ring substituents is 1. The molecule has 1 amide bonds. The summed E-state index contributed by atoms with van der Waals surface area (Å²) >= 11 is 0. The molecule has 9 heteroatoms. The minimum Gasteiger partial charge on any atom is -0.496 e. The average Bonchev–Trinajstić information content (AvgIpc) is 3.27. The number of nitro groups is 1. The van der Waals surface area contributed by atoms with Crippen molar-refractivity contribution >= 4 is 17.8 Å². The molecule has 0 aliphatic rings. The van der Waals surface area contributed by atoms with E-state index < -0.39 is 10.8 Å². The molecule has 148 valence electrons. The van der Waals surface area contributed by atoms with Crippen molar-refractivity contribution in [2.75, 3.05) is 7.11 Å². The summed E-state index contributed by atoms with van der Waals surface area (Å²) in [6, 6.07) is 14.3. The highest BCUT2D eigenvalue weighted by Crippen LogP contribution is 2.23. The molecule has 0 unspecified atom stereocenters. The van der Waals surface area contributed by atoms with Gasteiger partial charge in [0.1, 0.15) is 18.1 Å². The number of hydrogen-bond donors (Lipinski definition) is 1. The van der Waals surface area contributed by atoms with Gasteiger partial charge in [-0.15, -0.1) is 0 Å². The molecular formula is C20H17N3O6. The molecule has 29 heavy (non-hydrogen) atoms. The average molecular weight is 395 g/mol. The molecule has 2 aromatic carbocycles. The zero-order valence-corrected chi connectivity index (χ0v) is 15.4. The van der Waals surface area contributed by atoms with E-state index in [0.717, 1.165) is 5.56 Å². The van der Waals surface area contributed by atoms with Crippen LogP contribution < -0.4 is 14.9 Å². The van der Waals surface area contributed by atoms with Gasteiger partial charge in [0.25, 0.3) is 5.69 Å². The summed E-state index contributed by atoms with van der Waals surface area (Å²) in [7, 11) is 1.54. The summed E-state index contributed by atoms with van der Waals surface area (Å²) in [6.45, 7) is 0.182. The minimum atomic E-state index is -0.472. The van der Waals surface area contributed by atoms with Crippen LogP contribution in [0.25, 0.3) is 0 Å². The molecule has 0 saturated heterocycles. The Labute approximate surface area is 165 Å². The predicted molar refractivity (Wildman–Crippen MR) is 104 cm³/mol. The fourth-order valence-corrected chi connectivity index (χ4v) is 2.45. The number of carbonyl (C=O) groups excluding carboxylic acids is 1. The van der Waals surface area contributed by atoms with E-state index in [1.165, 1.54) is 42.8 Å². The van der Waals surface area contributed by atoms with Crippen molar-refractivity contribution in [3.05, 3.63) is 87.9 Å². The highest BCUT2D eigenvalue weighted by atomic mass is 16.6. The van der Waals surface area contributed by atoms with E-state index in [4.69, 9.17) is 13.9 Å². The van der Waals surface area contributed by atoms with Crippen LogP contribution in [-0.2, 0) is 6.61 Å². The maximum atomic E-state index is 11.8. The number of benzene rings is 2. The molecule has 3 aromatic rings. The molecule has 3 rings (SSSR count). The Morgan fingerprint density at radius 3 is 2.69 bits per heavy atom. The fraction of sp³-hybridized carbons (Fsp3) is 0.100. The van der Waals surface area contributed by atoms with E-state index in [0.29, 0.717) is 17.1 Å². The van der Waals surface area contributed by atoms with E-state index in [2.05, 4.69) is 10.5 Å². The maximum absolute atomic E-state index is 11.8. The van der Waals surface area contributed by atoms with Crippen LogP contribution in [0, 0.1) is 10.1 Å². The fourth-order valence-electron chi connectivity index (χ4n) is 2.45. The van der Waals surface area contributed by atoms with Crippen LogP contribution in [-0.4, -0.2) is 24.2 Å². The molecule has 9 nitrogen and oxygen atoms in total. The number of nitrogens with zero attached hydrogens (tertiary/aromatic N) is 2. The second-order valence-corrected chi connectivity index (χ2v) is 5.79. The van der Waals surface area contributed by atoms with Crippen molar-refractivity contribution in [1.82, 2.24) is 5.43 Å². The third kappa shape index (κ3) is 5.19. The summed E-state index contributed by atoms with van der Waals surface area (Å²) in [5.41, 5.74) is 3.82. The Balaban J connectivity index is 1.65. The largest absolute Gasteiger partial charge is 0.496 e. The van der Waals surface area contributed by atoms with E-state index in [1.807, 2.05) is 0 Å². The first-order valence-electron chi connectivity index (χ1n) is 8.48. The molecule has 0 spiro atoms. The smallest absolute Gasteiger partial charge is 0.307 e. The number of nitrogens with one attached hydrogen (secondary N) is 1. The van der Waals surface area contributed by atoms with E-state index >= 15 is 0 Å². The van der Waals surface area contributed by atoms with Gasteiger partial charge >= 0.3 is 5.91 Å². The summed E-state index contributed by atoms with van der Waals surface area (Å²) < 4.78 is 16.0. The van der Waals surface area contributed by atoms with Gasteiger partial charge in [0.15, 0.2) is 5.76 Å². The number of methoxy groups -OCH3 is 1. The molecule has 1 N–H and O–H groups in total. The number of furan rings is 1. The summed E-state index contributed by atoms with van der Waals surface area (Å²) in [6.07, 6.45) is 2.88. The Morgan fingerprint density at radius 1 is 1.24 bits per heavy atom. The zero-order chi connectivity index (χ0) is 20.6. The quantitative estimate of drug-likeness (QED) is 0.354. The van der Waals surface area contributed by atoms with E-state index in [-0.39, 0.29) is 18.1 Å². The van der Waals surface area contributed by atoms with E-state index in [1.54, 1.807) is 31.4 Å². The van der Waals surface area contributed by atoms with Crippen LogP contribution in [0.1, 0.15) is 21.7 Å². The van der Waals surface area contributed by atoms with Crippen molar-refractivity contribution in [2.24, 2.45) is 5.10 Å². The number of carbonyl (C=O) groups is 1. The number of nitro benzene ring substituents is 1. The second-order valence-electron chi connectivity index (χ2n) is 5.79.